The van der Waals surface area contributed by atoms with E-state index in [1.807, 2.05) is 0 Å². The summed E-state index contributed by atoms with van der Waals surface area (Å²) in [6, 6.07) is 4.84. The van der Waals surface area contributed by atoms with Crippen LogP contribution in [0.25, 0.3) is 11.1 Å². The number of aromatic nitrogens is 1. The number of fused-ring (bicyclic) bond motifs is 1. The van der Waals surface area contributed by atoms with Crippen LogP contribution in [-0.4, -0.2) is 15.9 Å². The molecule has 0 aliphatic heterocycles. The summed E-state index contributed by atoms with van der Waals surface area (Å²) in [7, 11) is 1.59. The molecular formula is C12H14N2O3. The van der Waals surface area contributed by atoms with Crippen molar-refractivity contribution < 1.29 is 9.21 Å². The van der Waals surface area contributed by atoms with Gasteiger partial charge >= 0.3 is 5.76 Å². The Balaban J connectivity index is 2.63. The minimum atomic E-state index is -0.934. The first kappa shape index (κ1) is 11.6. The molecule has 0 aliphatic rings. The molecular weight excluding hydrogens is 220 g/mol. The van der Waals surface area contributed by atoms with Gasteiger partial charge < -0.3 is 10.2 Å². The van der Waals surface area contributed by atoms with Crippen LogP contribution in [0.3, 0.4) is 0 Å². The standard InChI is InChI=1S/C12H14N2O3/c1-12(2,13)10(15)7-4-5-9-8(6-7)14(3)11(16)17-9/h4-6H,13H2,1-3H3. The summed E-state index contributed by atoms with van der Waals surface area (Å²) in [4.78, 5) is 23.3. The van der Waals surface area contributed by atoms with Gasteiger partial charge in [-0.1, -0.05) is 0 Å². The average Bonchev–Trinajstić information content (AvgIpc) is 2.52. The zero-order valence-electron chi connectivity index (χ0n) is 9.98. The Morgan fingerprint density at radius 2 is 2.06 bits per heavy atom. The van der Waals surface area contributed by atoms with Crippen LogP contribution in [0.5, 0.6) is 0 Å². The molecule has 2 aromatic rings. The molecule has 0 saturated carbocycles. The summed E-state index contributed by atoms with van der Waals surface area (Å²) in [6.07, 6.45) is 0. The summed E-state index contributed by atoms with van der Waals surface area (Å²) in [5, 5.41) is 0. The first-order valence-electron chi connectivity index (χ1n) is 5.24. The van der Waals surface area contributed by atoms with Crippen LogP contribution in [0.15, 0.2) is 27.4 Å². The van der Waals surface area contributed by atoms with Gasteiger partial charge in [-0.15, -0.1) is 0 Å². The largest absolute Gasteiger partial charge is 0.419 e. The van der Waals surface area contributed by atoms with Gasteiger partial charge in [-0.25, -0.2) is 4.79 Å². The smallest absolute Gasteiger partial charge is 0.408 e. The van der Waals surface area contributed by atoms with Gasteiger partial charge in [0.05, 0.1) is 11.1 Å². The Morgan fingerprint density at radius 3 is 2.65 bits per heavy atom. The molecule has 90 valence electrons. The SMILES string of the molecule is Cn1c(=O)oc2ccc(C(=O)C(C)(C)N)cc21. The van der Waals surface area contributed by atoms with Gasteiger partial charge in [0.25, 0.3) is 0 Å². The number of rotatable bonds is 2. The third-order valence-electron chi connectivity index (χ3n) is 2.64. The fourth-order valence-electron chi connectivity index (χ4n) is 1.64. The zero-order valence-corrected chi connectivity index (χ0v) is 9.98. The number of hydrogen-bond donors (Lipinski definition) is 1. The van der Waals surface area contributed by atoms with Crippen molar-refractivity contribution in [2.24, 2.45) is 12.8 Å². The second-order valence-corrected chi connectivity index (χ2v) is 4.66. The van der Waals surface area contributed by atoms with Crippen molar-refractivity contribution in [2.75, 3.05) is 0 Å². The van der Waals surface area contributed by atoms with E-state index in [1.54, 1.807) is 39.1 Å². The Bertz CT molecular complexity index is 644. The van der Waals surface area contributed by atoms with E-state index in [0.717, 1.165) is 0 Å². The van der Waals surface area contributed by atoms with Gasteiger partial charge in [-0.3, -0.25) is 9.36 Å². The third-order valence-corrected chi connectivity index (χ3v) is 2.64. The highest BCUT2D eigenvalue weighted by atomic mass is 16.4. The normalized spacial score (nSPS) is 12.0. The van der Waals surface area contributed by atoms with E-state index in [2.05, 4.69) is 0 Å². The van der Waals surface area contributed by atoms with Crippen molar-refractivity contribution in [3.8, 4) is 0 Å². The van der Waals surface area contributed by atoms with Crippen LogP contribution in [0.4, 0.5) is 0 Å². The van der Waals surface area contributed by atoms with E-state index >= 15 is 0 Å². The molecule has 5 nitrogen and oxygen atoms in total. The highest BCUT2D eigenvalue weighted by Crippen LogP contribution is 2.17. The molecule has 1 aromatic heterocycles. The number of carbonyl (C=O) groups is 1. The number of hydrogen-bond acceptors (Lipinski definition) is 4. The number of carbonyl (C=O) groups excluding carboxylic acids is 1. The van der Waals surface area contributed by atoms with Crippen LogP contribution < -0.4 is 11.5 Å². The van der Waals surface area contributed by atoms with Crippen molar-refractivity contribution >= 4 is 16.9 Å². The number of nitrogens with zero attached hydrogens (tertiary/aromatic N) is 1. The number of aryl methyl sites for hydroxylation is 1. The van der Waals surface area contributed by atoms with Gasteiger partial charge in [-0.05, 0) is 32.0 Å². The molecule has 1 heterocycles. The van der Waals surface area contributed by atoms with Gasteiger partial charge in [-0.2, -0.15) is 0 Å². The van der Waals surface area contributed by atoms with E-state index in [0.29, 0.717) is 16.7 Å². The van der Waals surface area contributed by atoms with E-state index in [4.69, 9.17) is 10.2 Å². The van der Waals surface area contributed by atoms with Gasteiger partial charge in [0.15, 0.2) is 11.4 Å². The van der Waals surface area contributed by atoms with E-state index in [9.17, 15) is 9.59 Å². The molecule has 0 saturated heterocycles. The monoisotopic (exact) mass is 234 g/mol. The molecule has 5 heteroatoms. The molecule has 0 bridgehead atoms. The van der Waals surface area contributed by atoms with Crippen LogP contribution >= 0.6 is 0 Å². The molecule has 0 unspecified atom stereocenters. The summed E-state index contributed by atoms with van der Waals surface area (Å²) in [5.41, 5.74) is 6.35. The molecule has 0 atom stereocenters. The van der Waals surface area contributed by atoms with Gasteiger partial charge in [0.1, 0.15) is 0 Å². The molecule has 0 amide bonds. The Labute approximate surface area is 97.8 Å². The molecule has 0 radical (unpaired) electrons. The number of nitrogens with two attached hydrogens (primary N) is 1. The van der Waals surface area contributed by atoms with Crippen LogP contribution in [-0.2, 0) is 7.05 Å². The molecule has 0 fully saturated rings. The first-order valence-corrected chi connectivity index (χ1v) is 5.24. The number of oxazole rings is 1. The minimum Gasteiger partial charge on any atom is -0.408 e. The Hall–Kier alpha value is -1.88. The highest BCUT2D eigenvalue weighted by Gasteiger charge is 2.24. The summed E-state index contributed by atoms with van der Waals surface area (Å²) >= 11 is 0. The predicted octanol–water partition coefficient (Wildman–Crippen LogP) is 1.05. The van der Waals surface area contributed by atoms with E-state index in [1.165, 1.54) is 4.57 Å². The lowest BCUT2D eigenvalue weighted by Crippen LogP contribution is -2.41. The number of benzene rings is 1. The maximum Gasteiger partial charge on any atom is 0.419 e. The summed E-state index contributed by atoms with van der Waals surface area (Å²) in [6.45, 7) is 3.29. The molecule has 17 heavy (non-hydrogen) atoms. The lowest BCUT2D eigenvalue weighted by molar-refractivity contribution is 0.0913. The van der Waals surface area contributed by atoms with Crippen molar-refractivity contribution in [1.29, 1.82) is 0 Å². The van der Waals surface area contributed by atoms with Crippen molar-refractivity contribution in [1.82, 2.24) is 4.57 Å². The number of ketones is 1. The topological polar surface area (TPSA) is 78.2 Å². The Kier molecular flexibility index (Phi) is 2.43. The Morgan fingerprint density at radius 1 is 1.41 bits per heavy atom. The average molecular weight is 234 g/mol. The van der Waals surface area contributed by atoms with E-state index in [-0.39, 0.29) is 5.78 Å². The predicted molar refractivity (Wildman–Crippen MR) is 64.1 cm³/mol. The first-order chi connectivity index (χ1) is 7.80. The zero-order chi connectivity index (χ0) is 12.8. The van der Waals surface area contributed by atoms with Crippen LogP contribution in [0.1, 0.15) is 24.2 Å². The quantitative estimate of drug-likeness (QED) is 0.788. The molecule has 2 rings (SSSR count). The molecule has 0 spiro atoms. The fraction of sp³-hybridized carbons (Fsp3) is 0.333. The third kappa shape index (κ3) is 1.89. The second-order valence-electron chi connectivity index (χ2n) is 4.66. The van der Waals surface area contributed by atoms with Crippen LogP contribution in [0.2, 0.25) is 0 Å². The van der Waals surface area contributed by atoms with E-state index < -0.39 is 11.3 Å². The minimum absolute atomic E-state index is 0.173. The fourth-order valence-corrected chi connectivity index (χ4v) is 1.64. The molecule has 1 aromatic carbocycles. The maximum atomic E-state index is 12.0. The van der Waals surface area contributed by atoms with Crippen molar-refractivity contribution in [3.05, 3.63) is 34.3 Å². The van der Waals surface area contributed by atoms with Crippen molar-refractivity contribution in [2.45, 2.75) is 19.4 Å². The number of Topliss-reactive ketones (excluding diaryl/α,β-unsaturated/α-hetero) is 1. The summed E-state index contributed by atoms with van der Waals surface area (Å²) in [5.74, 6) is -0.621. The highest BCUT2D eigenvalue weighted by molar-refractivity contribution is 6.04. The second kappa shape index (κ2) is 3.56. The van der Waals surface area contributed by atoms with Crippen molar-refractivity contribution in [3.63, 3.8) is 0 Å². The lowest BCUT2D eigenvalue weighted by atomic mass is 9.94. The molecule has 0 aliphatic carbocycles. The summed E-state index contributed by atoms with van der Waals surface area (Å²) < 4.78 is 6.34. The molecule has 2 N–H and O–H groups in total. The lowest BCUT2D eigenvalue weighted by Gasteiger charge is -2.16. The maximum absolute atomic E-state index is 12.0. The van der Waals surface area contributed by atoms with Crippen LogP contribution in [0, 0.1) is 0 Å². The van der Waals surface area contributed by atoms with Gasteiger partial charge in [0.2, 0.25) is 0 Å². The van der Waals surface area contributed by atoms with Gasteiger partial charge in [0, 0.05) is 12.6 Å².